The fourth-order valence-corrected chi connectivity index (χ4v) is 5.14. The molecule has 5 nitrogen and oxygen atoms in total. The van der Waals surface area contributed by atoms with E-state index >= 15 is 0 Å². The summed E-state index contributed by atoms with van der Waals surface area (Å²) in [5, 5.41) is 19.3. The molecule has 7 rings (SSSR count). The molecule has 0 aliphatic rings. The molecule has 6 aromatic carbocycles. The summed E-state index contributed by atoms with van der Waals surface area (Å²) in [5.41, 5.74) is 9.01. The summed E-state index contributed by atoms with van der Waals surface area (Å²) in [4.78, 5) is 14.7. The Kier molecular flexibility index (Phi) is 7.11. The van der Waals surface area contributed by atoms with Gasteiger partial charge in [0.25, 0.3) is 0 Å². The van der Waals surface area contributed by atoms with E-state index in [1.165, 1.54) is 0 Å². The fraction of sp³-hybridized carbons (Fsp3) is 0. The van der Waals surface area contributed by atoms with Crippen molar-refractivity contribution in [1.82, 2.24) is 15.0 Å². The number of nitrogens with zero attached hydrogens (tertiary/aromatic N) is 3. The van der Waals surface area contributed by atoms with Gasteiger partial charge in [-0.1, -0.05) is 127 Å². The first kappa shape index (κ1) is 26.8. The molecule has 5 heteroatoms. The van der Waals surface area contributed by atoms with Crippen LogP contribution in [0.4, 0.5) is 0 Å². The Morgan fingerprint density at radius 3 is 0.773 bits per heavy atom. The highest BCUT2D eigenvalue weighted by Gasteiger charge is 2.13. The standard InChI is InChI=1S/C39H27N3O2/c43-35-22-18-30(19-23-35)28-8-14-33(15-9-28)38-40-37(32-12-6-27(7-13-32)26-4-2-1-3-5-26)41-39(42-38)34-16-10-29(11-17-34)31-20-24-36(44)25-21-31/h1-25,43-44H. The second-order valence-corrected chi connectivity index (χ2v) is 10.5. The molecule has 1 aromatic heterocycles. The van der Waals surface area contributed by atoms with E-state index in [0.717, 1.165) is 50.1 Å². The van der Waals surface area contributed by atoms with Crippen LogP contribution in [-0.4, -0.2) is 25.2 Å². The summed E-state index contributed by atoms with van der Waals surface area (Å²) in [7, 11) is 0. The highest BCUT2D eigenvalue weighted by molar-refractivity contribution is 5.73. The molecule has 0 bridgehead atoms. The van der Waals surface area contributed by atoms with Crippen LogP contribution in [0.3, 0.4) is 0 Å². The molecule has 0 saturated carbocycles. The van der Waals surface area contributed by atoms with Crippen LogP contribution in [0.1, 0.15) is 0 Å². The van der Waals surface area contributed by atoms with E-state index in [2.05, 4.69) is 24.3 Å². The molecule has 0 fully saturated rings. The fourth-order valence-electron chi connectivity index (χ4n) is 5.14. The molecule has 2 N–H and O–H groups in total. The van der Waals surface area contributed by atoms with Gasteiger partial charge in [0, 0.05) is 16.7 Å². The van der Waals surface area contributed by atoms with Crippen molar-refractivity contribution in [2.75, 3.05) is 0 Å². The Morgan fingerprint density at radius 2 is 0.477 bits per heavy atom. The summed E-state index contributed by atoms with van der Waals surface area (Å²) in [5.74, 6) is 2.23. The maximum Gasteiger partial charge on any atom is 0.164 e. The Bertz CT molecular complexity index is 1910. The van der Waals surface area contributed by atoms with Crippen LogP contribution in [0.25, 0.3) is 67.5 Å². The Balaban J connectivity index is 1.27. The molecule has 210 valence electrons. The third-order valence-electron chi connectivity index (χ3n) is 7.57. The molecule has 0 spiro atoms. The highest BCUT2D eigenvalue weighted by Crippen LogP contribution is 2.30. The van der Waals surface area contributed by atoms with Gasteiger partial charge in [0.05, 0.1) is 0 Å². The number of phenolic OH excluding ortho intramolecular Hbond substituents is 2. The second kappa shape index (κ2) is 11.7. The van der Waals surface area contributed by atoms with Crippen molar-refractivity contribution in [2.45, 2.75) is 0 Å². The molecule has 0 radical (unpaired) electrons. The Morgan fingerprint density at radius 1 is 0.250 bits per heavy atom. The zero-order chi connectivity index (χ0) is 29.9. The van der Waals surface area contributed by atoms with Crippen molar-refractivity contribution in [3.63, 3.8) is 0 Å². The predicted octanol–water partition coefficient (Wildman–Crippen LogP) is 9.28. The minimum absolute atomic E-state index is 0.239. The summed E-state index contributed by atoms with van der Waals surface area (Å²) in [6, 6.07) is 49.0. The van der Waals surface area contributed by atoms with Crippen LogP contribution in [0.2, 0.25) is 0 Å². The molecule has 7 aromatic rings. The van der Waals surface area contributed by atoms with Crippen LogP contribution in [0.15, 0.2) is 152 Å². The minimum Gasteiger partial charge on any atom is -0.508 e. The van der Waals surface area contributed by atoms with Gasteiger partial charge in [-0.05, 0) is 57.6 Å². The van der Waals surface area contributed by atoms with Gasteiger partial charge in [0.2, 0.25) is 0 Å². The molecule has 0 aliphatic carbocycles. The van der Waals surface area contributed by atoms with Crippen molar-refractivity contribution < 1.29 is 10.2 Å². The molecule has 44 heavy (non-hydrogen) atoms. The summed E-state index contributed by atoms with van der Waals surface area (Å²) in [6.45, 7) is 0. The van der Waals surface area contributed by atoms with Crippen molar-refractivity contribution in [1.29, 1.82) is 0 Å². The lowest BCUT2D eigenvalue weighted by Crippen LogP contribution is -2.00. The van der Waals surface area contributed by atoms with Crippen LogP contribution in [0.5, 0.6) is 11.5 Å². The molecule has 0 amide bonds. The zero-order valence-corrected chi connectivity index (χ0v) is 23.7. The van der Waals surface area contributed by atoms with Gasteiger partial charge in [-0.3, -0.25) is 0 Å². The van der Waals surface area contributed by atoms with E-state index in [4.69, 9.17) is 15.0 Å². The van der Waals surface area contributed by atoms with Gasteiger partial charge >= 0.3 is 0 Å². The minimum atomic E-state index is 0.239. The number of hydrogen-bond donors (Lipinski definition) is 2. The van der Waals surface area contributed by atoms with Crippen LogP contribution >= 0.6 is 0 Å². The van der Waals surface area contributed by atoms with Gasteiger partial charge < -0.3 is 10.2 Å². The Hall–Kier alpha value is -6.07. The molecular weight excluding hydrogens is 542 g/mol. The number of benzene rings is 6. The average Bonchev–Trinajstić information content (AvgIpc) is 3.09. The van der Waals surface area contributed by atoms with Crippen LogP contribution in [0, 0.1) is 0 Å². The summed E-state index contributed by atoms with van der Waals surface area (Å²) >= 11 is 0. The molecule has 0 saturated heterocycles. The van der Waals surface area contributed by atoms with Gasteiger partial charge in [-0.15, -0.1) is 0 Å². The van der Waals surface area contributed by atoms with E-state index in [1.54, 1.807) is 24.3 Å². The Labute approximate surface area is 255 Å². The SMILES string of the molecule is Oc1ccc(-c2ccc(-c3nc(-c4ccc(-c5ccccc5)cc4)nc(-c4ccc(-c5ccc(O)cc5)cc4)n3)cc2)cc1. The summed E-state index contributed by atoms with van der Waals surface area (Å²) < 4.78 is 0. The first-order valence-corrected chi connectivity index (χ1v) is 14.3. The molecular formula is C39H27N3O2. The van der Waals surface area contributed by atoms with E-state index in [1.807, 2.05) is 103 Å². The smallest absolute Gasteiger partial charge is 0.164 e. The number of rotatable bonds is 6. The highest BCUT2D eigenvalue weighted by atomic mass is 16.3. The van der Waals surface area contributed by atoms with E-state index in [-0.39, 0.29) is 11.5 Å². The topological polar surface area (TPSA) is 79.1 Å². The van der Waals surface area contributed by atoms with Crippen LogP contribution < -0.4 is 0 Å². The maximum atomic E-state index is 9.66. The molecule has 0 unspecified atom stereocenters. The maximum absolute atomic E-state index is 9.66. The van der Waals surface area contributed by atoms with E-state index in [0.29, 0.717) is 17.5 Å². The van der Waals surface area contributed by atoms with Crippen LogP contribution in [-0.2, 0) is 0 Å². The van der Waals surface area contributed by atoms with Gasteiger partial charge in [0.15, 0.2) is 17.5 Å². The predicted molar refractivity (Wildman–Crippen MR) is 176 cm³/mol. The first-order chi connectivity index (χ1) is 21.6. The second-order valence-electron chi connectivity index (χ2n) is 10.5. The van der Waals surface area contributed by atoms with Gasteiger partial charge in [-0.2, -0.15) is 0 Å². The van der Waals surface area contributed by atoms with Gasteiger partial charge in [0.1, 0.15) is 11.5 Å². The number of hydrogen-bond acceptors (Lipinski definition) is 5. The lowest BCUT2D eigenvalue weighted by Gasteiger charge is -2.10. The van der Waals surface area contributed by atoms with Crippen molar-refractivity contribution in [2.24, 2.45) is 0 Å². The molecule has 0 atom stereocenters. The van der Waals surface area contributed by atoms with Crippen molar-refractivity contribution in [3.05, 3.63) is 152 Å². The lowest BCUT2D eigenvalue weighted by atomic mass is 10.0. The number of aromatic hydroxyl groups is 2. The first-order valence-electron chi connectivity index (χ1n) is 14.3. The average molecular weight is 570 g/mol. The zero-order valence-electron chi connectivity index (χ0n) is 23.7. The number of aromatic nitrogens is 3. The van der Waals surface area contributed by atoms with Gasteiger partial charge in [-0.25, -0.2) is 15.0 Å². The number of phenols is 2. The molecule has 1 heterocycles. The lowest BCUT2D eigenvalue weighted by molar-refractivity contribution is 0.475. The van der Waals surface area contributed by atoms with E-state index in [9.17, 15) is 10.2 Å². The largest absolute Gasteiger partial charge is 0.508 e. The monoisotopic (exact) mass is 569 g/mol. The third kappa shape index (κ3) is 5.67. The van der Waals surface area contributed by atoms with E-state index < -0.39 is 0 Å². The quantitative estimate of drug-likeness (QED) is 0.209. The molecule has 0 aliphatic heterocycles. The van der Waals surface area contributed by atoms with Crippen molar-refractivity contribution in [3.8, 4) is 79.0 Å². The van der Waals surface area contributed by atoms with Crippen molar-refractivity contribution >= 4 is 0 Å². The normalized spacial score (nSPS) is 10.9. The summed E-state index contributed by atoms with van der Waals surface area (Å²) in [6.07, 6.45) is 0. The third-order valence-corrected chi connectivity index (χ3v) is 7.57.